The van der Waals surface area contributed by atoms with Crippen LogP contribution in [0.15, 0.2) is 0 Å². The van der Waals surface area contributed by atoms with Crippen molar-refractivity contribution in [2.75, 3.05) is 7.11 Å². The van der Waals surface area contributed by atoms with Gasteiger partial charge in [0, 0.05) is 6.04 Å². The molecular formula is C9H19NO2. The van der Waals surface area contributed by atoms with Crippen molar-refractivity contribution in [3.8, 4) is 0 Å². The minimum atomic E-state index is -0.539. The van der Waals surface area contributed by atoms with Crippen molar-refractivity contribution in [2.24, 2.45) is 0 Å². The normalized spacial score (nSPS) is 15.8. The van der Waals surface area contributed by atoms with Crippen LogP contribution in [-0.4, -0.2) is 24.7 Å². The number of esters is 1. The highest BCUT2D eigenvalue weighted by Crippen LogP contribution is 2.11. The number of ether oxygens (including phenoxy) is 1. The van der Waals surface area contributed by atoms with E-state index in [1.165, 1.54) is 7.11 Å². The fourth-order valence-electron chi connectivity index (χ4n) is 1.17. The number of hydrogen-bond donors (Lipinski definition) is 1. The standard InChI is InChI=1S/C9H19NO2/c1-6-9(4,8(11)12-5)10-7(2)3/h7,10H,6H2,1-5H3. The quantitative estimate of drug-likeness (QED) is 0.652. The van der Waals surface area contributed by atoms with Gasteiger partial charge in [0.15, 0.2) is 0 Å². The van der Waals surface area contributed by atoms with E-state index in [4.69, 9.17) is 4.74 Å². The second kappa shape index (κ2) is 4.45. The van der Waals surface area contributed by atoms with E-state index in [-0.39, 0.29) is 12.0 Å². The molecule has 0 aliphatic carbocycles. The first kappa shape index (κ1) is 11.4. The molecule has 3 heteroatoms. The summed E-state index contributed by atoms with van der Waals surface area (Å²) in [6.07, 6.45) is 0.734. The van der Waals surface area contributed by atoms with Crippen LogP contribution in [0.4, 0.5) is 0 Å². The van der Waals surface area contributed by atoms with Crippen LogP contribution in [0, 0.1) is 0 Å². The Morgan fingerprint density at radius 3 is 2.33 bits per heavy atom. The number of methoxy groups -OCH3 is 1. The highest BCUT2D eigenvalue weighted by Gasteiger charge is 2.32. The molecule has 0 fully saturated rings. The van der Waals surface area contributed by atoms with Gasteiger partial charge < -0.3 is 4.74 Å². The van der Waals surface area contributed by atoms with Crippen molar-refractivity contribution < 1.29 is 9.53 Å². The van der Waals surface area contributed by atoms with Gasteiger partial charge in [0.2, 0.25) is 0 Å². The number of rotatable bonds is 4. The predicted molar refractivity (Wildman–Crippen MR) is 49.0 cm³/mol. The molecule has 0 aromatic rings. The van der Waals surface area contributed by atoms with E-state index >= 15 is 0 Å². The smallest absolute Gasteiger partial charge is 0.325 e. The van der Waals surface area contributed by atoms with Crippen LogP contribution in [0.25, 0.3) is 0 Å². The van der Waals surface area contributed by atoms with Gasteiger partial charge in [-0.25, -0.2) is 0 Å². The lowest BCUT2D eigenvalue weighted by molar-refractivity contribution is -0.148. The Balaban J connectivity index is 4.33. The van der Waals surface area contributed by atoms with Crippen LogP contribution in [0.5, 0.6) is 0 Å². The maximum Gasteiger partial charge on any atom is 0.325 e. The van der Waals surface area contributed by atoms with Crippen molar-refractivity contribution in [3.63, 3.8) is 0 Å². The van der Waals surface area contributed by atoms with Crippen LogP contribution in [0.2, 0.25) is 0 Å². The maximum absolute atomic E-state index is 11.3. The van der Waals surface area contributed by atoms with E-state index in [0.29, 0.717) is 0 Å². The zero-order valence-electron chi connectivity index (χ0n) is 8.60. The molecule has 1 N–H and O–H groups in total. The monoisotopic (exact) mass is 173 g/mol. The van der Waals surface area contributed by atoms with Gasteiger partial charge in [0.25, 0.3) is 0 Å². The molecule has 1 unspecified atom stereocenters. The van der Waals surface area contributed by atoms with Crippen LogP contribution >= 0.6 is 0 Å². The molecule has 0 amide bonds. The van der Waals surface area contributed by atoms with Crippen LogP contribution in [0.3, 0.4) is 0 Å². The molecule has 1 atom stereocenters. The van der Waals surface area contributed by atoms with Crippen molar-refractivity contribution in [3.05, 3.63) is 0 Å². The summed E-state index contributed by atoms with van der Waals surface area (Å²) in [5.41, 5.74) is -0.539. The second-order valence-corrected chi connectivity index (χ2v) is 3.48. The van der Waals surface area contributed by atoms with Gasteiger partial charge in [-0.3, -0.25) is 10.1 Å². The summed E-state index contributed by atoms with van der Waals surface area (Å²) >= 11 is 0. The topological polar surface area (TPSA) is 38.3 Å². The first-order chi connectivity index (χ1) is 5.46. The summed E-state index contributed by atoms with van der Waals surface area (Å²) in [6, 6.07) is 0.286. The van der Waals surface area contributed by atoms with Crippen molar-refractivity contribution >= 4 is 5.97 Å². The largest absolute Gasteiger partial charge is 0.468 e. The Morgan fingerprint density at radius 2 is 2.08 bits per heavy atom. The van der Waals surface area contributed by atoms with Gasteiger partial charge in [-0.1, -0.05) is 6.92 Å². The van der Waals surface area contributed by atoms with Gasteiger partial charge in [-0.2, -0.15) is 0 Å². The van der Waals surface area contributed by atoms with E-state index in [2.05, 4.69) is 5.32 Å². The Morgan fingerprint density at radius 1 is 1.58 bits per heavy atom. The third-order valence-electron chi connectivity index (χ3n) is 1.95. The molecule has 0 saturated heterocycles. The molecule has 0 aliphatic rings. The van der Waals surface area contributed by atoms with E-state index < -0.39 is 5.54 Å². The molecule has 0 aromatic carbocycles. The first-order valence-electron chi connectivity index (χ1n) is 4.32. The third kappa shape index (κ3) is 2.81. The zero-order chi connectivity index (χ0) is 9.78. The van der Waals surface area contributed by atoms with Crippen molar-refractivity contribution in [2.45, 2.75) is 45.7 Å². The maximum atomic E-state index is 11.3. The highest BCUT2D eigenvalue weighted by molar-refractivity contribution is 5.80. The minimum Gasteiger partial charge on any atom is -0.468 e. The molecule has 0 spiro atoms. The molecule has 0 aliphatic heterocycles. The fourth-order valence-corrected chi connectivity index (χ4v) is 1.17. The zero-order valence-corrected chi connectivity index (χ0v) is 8.60. The lowest BCUT2D eigenvalue weighted by Crippen LogP contribution is -2.52. The van der Waals surface area contributed by atoms with Gasteiger partial charge in [0.05, 0.1) is 7.11 Å². The number of nitrogens with one attached hydrogen (secondary N) is 1. The van der Waals surface area contributed by atoms with E-state index in [1.807, 2.05) is 27.7 Å². The molecule has 12 heavy (non-hydrogen) atoms. The van der Waals surface area contributed by atoms with Crippen molar-refractivity contribution in [1.29, 1.82) is 0 Å². The lowest BCUT2D eigenvalue weighted by Gasteiger charge is -2.28. The molecule has 0 radical (unpaired) electrons. The Kier molecular flexibility index (Phi) is 4.24. The first-order valence-corrected chi connectivity index (χ1v) is 4.32. The van der Waals surface area contributed by atoms with Gasteiger partial charge in [-0.15, -0.1) is 0 Å². The summed E-state index contributed by atoms with van der Waals surface area (Å²) in [4.78, 5) is 11.3. The minimum absolute atomic E-state index is 0.196. The molecule has 72 valence electrons. The summed E-state index contributed by atoms with van der Waals surface area (Å²) in [5.74, 6) is -0.196. The molecule has 0 saturated carbocycles. The van der Waals surface area contributed by atoms with E-state index in [0.717, 1.165) is 6.42 Å². The molecule has 0 rings (SSSR count). The van der Waals surface area contributed by atoms with E-state index in [9.17, 15) is 4.79 Å². The van der Waals surface area contributed by atoms with Gasteiger partial charge in [0.1, 0.15) is 5.54 Å². The summed E-state index contributed by atoms with van der Waals surface area (Å²) in [6.45, 7) is 7.85. The highest BCUT2D eigenvalue weighted by atomic mass is 16.5. The van der Waals surface area contributed by atoms with Gasteiger partial charge in [-0.05, 0) is 27.2 Å². The molecule has 0 heterocycles. The number of hydrogen-bond acceptors (Lipinski definition) is 3. The van der Waals surface area contributed by atoms with Gasteiger partial charge >= 0.3 is 5.97 Å². The SMILES string of the molecule is CCC(C)(NC(C)C)C(=O)OC. The molecule has 3 nitrogen and oxygen atoms in total. The third-order valence-corrected chi connectivity index (χ3v) is 1.95. The molecular weight excluding hydrogens is 154 g/mol. The second-order valence-electron chi connectivity index (χ2n) is 3.48. The van der Waals surface area contributed by atoms with Crippen LogP contribution < -0.4 is 5.32 Å². The summed E-state index contributed by atoms with van der Waals surface area (Å²) < 4.78 is 4.71. The Bertz CT molecular complexity index is 157. The van der Waals surface area contributed by atoms with Crippen LogP contribution in [0.1, 0.15) is 34.1 Å². The number of carbonyl (C=O) groups is 1. The van der Waals surface area contributed by atoms with E-state index in [1.54, 1.807) is 0 Å². The lowest BCUT2D eigenvalue weighted by atomic mass is 9.98. The Labute approximate surface area is 74.5 Å². The molecule has 0 bridgehead atoms. The predicted octanol–water partition coefficient (Wildman–Crippen LogP) is 1.33. The molecule has 0 aromatic heterocycles. The van der Waals surface area contributed by atoms with Crippen LogP contribution in [-0.2, 0) is 9.53 Å². The fraction of sp³-hybridized carbons (Fsp3) is 0.889. The summed E-state index contributed by atoms with van der Waals surface area (Å²) in [7, 11) is 1.41. The average molecular weight is 173 g/mol. The Hall–Kier alpha value is -0.570. The number of carbonyl (C=O) groups excluding carboxylic acids is 1. The van der Waals surface area contributed by atoms with Crippen molar-refractivity contribution in [1.82, 2.24) is 5.32 Å². The average Bonchev–Trinajstić information content (AvgIpc) is 2.01. The summed E-state index contributed by atoms with van der Waals surface area (Å²) in [5, 5.41) is 3.18.